The van der Waals surface area contributed by atoms with Crippen molar-refractivity contribution in [3.05, 3.63) is 59.7 Å². The van der Waals surface area contributed by atoms with E-state index in [1.807, 2.05) is 55.5 Å². The van der Waals surface area contributed by atoms with Gasteiger partial charge in [0, 0.05) is 25.2 Å². The molecule has 0 aliphatic carbocycles. The van der Waals surface area contributed by atoms with E-state index >= 15 is 0 Å². The zero-order valence-electron chi connectivity index (χ0n) is 14.2. The molecule has 0 spiro atoms. The Morgan fingerprint density at radius 2 is 1.88 bits per heavy atom. The van der Waals surface area contributed by atoms with E-state index in [0.717, 1.165) is 22.6 Å². The monoisotopic (exact) mass is 328 g/mol. The number of methoxy groups -OCH3 is 1. The van der Waals surface area contributed by atoms with E-state index in [1.54, 1.807) is 7.11 Å². The summed E-state index contributed by atoms with van der Waals surface area (Å²) in [5.41, 5.74) is 2.65. The van der Waals surface area contributed by atoms with Gasteiger partial charge < -0.3 is 20.5 Å². The third-order valence-corrected chi connectivity index (χ3v) is 3.82. The summed E-state index contributed by atoms with van der Waals surface area (Å²) in [4.78, 5) is 11.1. The minimum Gasteiger partial charge on any atom is -0.497 e. The fourth-order valence-corrected chi connectivity index (χ4v) is 2.44. The summed E-state index contributed by atoms with van der Waals surface area (Å²) in [5.74, 6) is 0.671. The van der Waals surface area contributed by atoms with Gasteiger partial charge in [-0.1, -0.05) is 24.3 Å². The van der Waals surface area contributed by atoms with Crippen LogP contribution in [-0.2, 0) is 4.79 Å². The van der Waals surface area contributed by atoms with Crippen LogP contribution in [0.5, 0.6) is 5.75 Å². The Hall–Kier alpha value is -2.37. The first-order valence-corrected chi connectivity index (χ1v) is 7.92. The van der Waals surface area contributed by atoms with Gasteiger partial charge in [0.15, 0.2) is 0 Å². The average Bonchev–Trinajstić information content (AvgIpc) is 2.59. The van der Waals surface area contributed by atoms with Crippen LogP contribution in [0.1, 0.15) is 37.1 Å². The first-order valence-electron chi connectivity index (χ1n) is 7.92. The van der Waals surface area contributed by atoms with E-state index in [0.29, 0.717) is 6.54 Å². The van der Waals surface area contributed by atoms with Crippen molar-refractivity contribution in [3.8, 4) is 5.75 Å². The van der Waals surface area contributed by atoms with Gasteiger partial charge in [0.05, 0.1) is 13.2 Å². The van der Waals surface area contributed by atoms with Gasteiger partial charge in [-0.3, -0.25) is 4.79 Å². The van der Waals surface area contributed by atoms with Crippen LogP contribution < -0.4 is 15.4 Å². The molecule has 0 aromatic heterocycles. The molecular weight excluding hydrogens is 304 g/mol. The van der Waals surface area contributed by atoms with Crippen molar-refractivity contribution in [2.24, 2.45) is 0 Å². The molecule has 3 N–H and O–H groups in total. The van der Waals surface area contributed by atoms with Crippen molar-refractivity contribution < 1.29 is 14.6 Å². The number of benzene rings is 2. The number of anilines is 1. The Kier molecular flexibility index (Phi) is 6.35. The number of rotatable bonds is 7. The summed E-state index contributed by atoms with van der Waals surface area (Å²) in [6.07, 6.45) is -0.600. The number of aliphatic hydroxyl groups is 1. The molecule has 0 saturated heterocycles. The molecule has 0 bridgehead atoms. The highest BCUT2D eigenvalue weighted by molar-refractivity contribution is 5.88. The van der Waals surface area contributed by atoms with Crippen molar-refractivity contribution in [1.29, 1.82) is 0 Å². The highest BCUT2D eigenvalue weighted by atomic mass is 16.5. The van der Waals surface area contributed by atoms with Crippen LogP contribution in [-0.4, -0.2) is 24.7 Å². The third-order valence-electron chi connectivity index (χ3n) is 3.82. The second-order valence-electron chi connectivity index (χ2n) is 5.73. The van der Waals surface area contributed by atoms with Crippen LogP contribution in [0.2, 0.25) is 0 Å². The van der Waals surface area contributed by atoms with Gasteiger partial charge in [-0.15, -0.1) is 0 Å². The summed E-state index contributed by atoms with van der Waals surface area (Å²) >= 11 is 0. The van der Waals surface area contributed by atoms with Crippen molar-refractivity contribution in [1.82, 2.24) is 5.32 Å². The van der Waals surface area contributed by atoms with E-state index < -0.39 is 6.10 Å². The first-order chi connectivity index (χ1) is 11.5. The van der Waals surface area contributed by atoms with Gasteiger partial charge in [-0.05, 0) is 42.3 Å². The van der Waals surface area contributed by atoms with Crippen molar-refractivity contribution in [2.45, 2.75) is 26.0 Å². The van der Waals surface area contributed by atoms with Crippen LogP contribution in [0.25, 0.3) is 0 Å². The molecule has 0 radical (unpaired) electrons. The third kappa shape index (κ3) is 5.08. The van der Waals surface area contributed by atoms with E-state index in [2.05, 4.69) is 10.6 Å². The normalized spacial score (nSPS) is 13.2. The Balaban J connectivity index is 1.94. The van der Waals surface area contributed by atoms with Gasteiger partial charge in [-0.2, -0.15) is 0 Å². The highest BCUT2D eigenvalue weighted by Crippen LogP contribution is 2.20. The van der Waals surface area contributed by atoms with Gasteiger partial charge in [0.25, 0.3) is 0 Å². The fraction of sp³-hybridized carbons (Fsp3) is 0.316. The summed E-state index contributed by atoms with van der Waals surface area (Å²) < 4.78 is 5.12. The number of hydrogen-bond acceptors (Lipinski definition) is 4. The largest absolute Gasteiger partial charge is 0.497 e. The molecule has 2 aromatic carbocycles. The van der Waals surface area contributed by atoms with Crippen molar-refractivity contribution in [2.75, 3.05) is 19.0 Å². The molecule has 2 aromatic rings. The number of carbonyl (C=O) groups is 1. The van der Waals surface area contributed by atoms with E-state index in [-0.39, 0.29) is 11.9 Å². The summed E-state index contributed by atoms with van der Waals surface area (Å²) in [7, 11) is 1.61. The minimum atomic E-state index is -0.600. The molecule has 1 amide bonds. The Morgan fingerprint density at radius 3 is 2.50 bits per heavy atom. The molecule has 0 fully saturated rings. The topological polar surface area (TPSA) is 70.6 Å². The molecule has 0 saturated carbocycles. The minimum absolute atomic E-state index is 0.0478. The van der Waals surface area contributed by atoms with Crippen LogP contribution in [0.3, 0.4) is 0 Å². The van der Waals surface area contributed by atoms with Gasteiger partial charge in [0.1, 0.15) is 5.75 Å². The maximum Gasteiger partial charge on any atom is 0.221 e. The number of aliphatic hydroxyl groups excluding tert-OH is 1. The number of hydrogen-bond donors (Lipinski definition) is 3. The smallest absolute Gasteiger partial charge is 0.221 e. The molecule has 5 nitrogen and oxygen atoms in total. The average molecular weight is 328 g/mol. The second-order valence-corrected chi connectivity index (χ2v) is 5.73. The van der Waals surface area contributed by atoms with Crippen molar-refractivity contribution >= 4 is 11.6 Å². The molecule has 0 aliphatic rings. The molecule has 24 heavy (non-hydrogen) atoms. The number of nitrogens with one attached hydrogen (secondary N) is 2. The molecular formula is C19H24N2O3. The molecule has 2 unspecified atom stereocenters. The van der Waals surface area contributed by atoms with E-state index in [9.17, 15) is 9.90 Å². The quantitative estimate of drug-likeness (QED) is 0.730. The van der Waals surface area contributed by atoms with Gasteiger partial charge in [-0.25, -0.2) is 0 Å². The predicted octanol–water partition coefficient (Wildman–Crippen LogP) is 3.04. The Labute approximate surface area is 142 Å². The molecule has 2 atom stereocenters. The zero-order valence-corrected chi connectivity index (χ0v) is 14.2. The number of amides is 1. The zero-order chi connectivity index (χ0) is 17.5. The molecule has 2 rings (SSSR count). The summed E-state index contributed by atoms with van der Waals surface area (Å²) in [5, 5.41) is 16.4. The molecule has 0 heterocycles. The lowest BCUT2D eigenvalue weighted by molar-refractivity contribution is -0.114. The van der Waals surface area contributed by atoms with Crippen LogP contribution in [0.15, 0.2) is 48.5 Å². The lowest BCUT2D eigenvalue weighted by atomic mass is 10.1. The standard InChI is InChI=1S/C19H24N2O3/c1-13(16-5-4-6-17(11-16)21-14(2)22)20-12-19(23)15-7-9-18(24-3)10-8-15/h4-11,13,19-20,23H,12H2,1-3H3,(H,21,22). The molecule has 0 aliphatic heterocycles. The lowest BCUT2D eigenvalue weighted by Crippen LogP contribution is -2.24. The molecule has 5 heteroatoms. The van der Waals surface area contributed by atoms with Crippen LogP contribution >= 0.6 is 0 Å². The maximum atomic E-state index is 11.1. The van der Waals surface area contributed by atoms with Gasteiger partial charge >= 0.3 is 0 Å². The second kappa shape index (κ2) is 8.47. The van der Waals surface area contributed by atoms with Crippen LogP contribution in [0.4, 0.5) is 5.69 Å². The first kappa shape index (κ1) is 18.0. The predicted molar refractivity (Wildman–Crippen MR) is 95.1 cm³/mol. The lowest BCUT2D eigenvalue weighted by Gasteiger charge is -2.18. The molecule has 128 valence electrons. The highest BCUT2D eigenvalue weighted by Gasteiger charge is 2.11. The fourth-order valence-electron chi connectivity index (χ4n) is 2.44. The number of ether oxygens (including phenoxy) is 1. The summed E-state index contributed by atoms with van der Waals surface area (Å²) in [6.45, 7) is 3.94. The van der Waals surface area contributed by atoms with E-state index in [1.165, 1.54) is 6.92 Å². The maximum absolute atomic E-state index is 11.1. The number of carbonyl (C=O) groups excluding carboxylic acids is 1. The van der Waals surface area contributed by atoms with Crippen LogP contribution in [0, 0.1) is 0 Å². The Morgan fingerprint density at radius 1 is 1.17 bits per heavy atom. The Bertz CT molecular complexity index is 671. The van der Waals surface area contributed by atoms with E-state index in [4.69, 9.17) is 4.74 Å². The van der Waals surface area contributed by atoms with Crippen molar-refractivity contribution in [3.63, 3.8) is 0 Å². The SMILES string of the molecule is COc1ccc(C(O)CNC(C)c2cccc(NC(C)=O)c2)cc1. The summed E-state index contributed by atoms with van der Waals surface area (Å²) in [6, 6.07) is 15.1. The van der Waals surface area contributed by atoms with Gasteiger partial charge in [0.2, 0.25) is 5.91 Å².